The number of carbonyl (C=O) groups is 1. The molecule has 20 atom stereocenters. The van der Waals surface area contributed by atoms with Gasteiger partial charge in [-0.05, 0) is 186 Å². The third kappa shape index (κ3) is 7.07. The molecule has 8 aliphatic carbocycles. The van der Waals surface area contributed by atoms with Crippen LogP contribution in [0.5, 0.6) is 0 Å². The highest BCUT2D eigenvalue weighted by Crippen LogP contribution is 2.67. The first-order valence-electron chi connectivity index (χ1n) is 27.9. The first kappa shape index (κ1) is 47.5. The molecule has 372 valence electrons. The van der Waals surface area contributed by atoms with Crippen LogP contribution in [-0.4, -0.2) is 106 Å². The van der Waals surface area contributed by atoms with Gasteiger partial charge < -0.3 is 36.1 Å². The average Bonchev–Trinajstić information content (AvgIpc) is 4.03. The van der Waals surface area contributed by atoms with Gasteiger partial charge in [0.2, 0.25) is 5.91 Å². The largest absolute Gasteiger partial charge is 0.393 e. The molecule has 67 heavy (non-hydrogen) atoms. The van der Waals surface area contributed by atoms with Crippen molar-refractivity contribution in [2.24, 2.45) is 81.5 Å². The molecule has 6 N–H and O–H groups in total. The molecule has 0 bridgehead atoms. The van der Waals surface area contributed by atoms with Crippen LogP contribution in [-0.2, 0) is 14.3 Å². The average molecular weight is 923 g/mol. The minimum atomic E-state index is -0.230. The summed E-state index contributed by atoms with van der Waals surface area (Å²) in [6.45, 7) is 23.1. The van der Waals surface area contributed by atoms with Gasteiger partial charge >= 0.3 is 0 Å². The normalized spacial score (nSPS) is 50.8. The fourth-order valence-corrected chi connectivity index (χ4v) is 19.6. The van der Waals surface area contributed by atoms with Gasteiger partial charge in [-0.15, -0.1) is 0 Å². The molecule has 0 aromatic heterocycles. The Labute approximate surface area is 404 Å². The van der Waals surface area contributed by atoms with Crippen LogP contribution in [0.1, 0.15) is 158 Å². The van der Waals surface area contributed by atoms with E-state index >= 15 is 0 Å². The maximum absolute atomic E-state index is 12.8. The Morgan fingerprint density at radius 3 is 1.66 bits per heavy atom. The predicted octanol–water partition coefficient (Wildman–Crippen LogP) is 8.87. The van der Waals surface area contributed by atoms with Gasteiger partial charge in [0.05, 0.1) is 48.2 Å². The van der Waals surface area contributed by atoms with E-state index in [4.69, 9.17) is 20.9 Å². The molecule has 2 spiro atoms. The number of carbonyl (C=O) groups excluding carboxylic acids is 1. The van der Waals surface area contributed by atoms with Gasteiger partial charge in [0.25, 0.3) is 0 Å². The second-order valence-corrected chi connectivity index (χ2v) is 26.0. The van der Waals surface area contributed by atoms with E-state index < -0.39 is 0 Å². The summed E-state index contributed by atoms with van der Waals surface area (Å²) >= 11 is 0. The number of rotatable bonds is 3. The zero-order chi connectivity index (χ0) is 47.1. The Hall–Kier alpha value is -1.85. The van der Waals surface area contributed by atoms with Crippen LogP contribution in [0.3, 0.4) is 0 Å². The van der Waals surface area contributed by atoms with Crippen molar-refractivity contribution in [1.29, 1.82) is 0 Å². The first-order chi connectivity index (χ1) is 32.0. The summed E-state index contributed by atoms with van der Waals surface area (Å²) in [7, 11) is 0. The van der Waals surface area contributed by atoms with E-state index in [2.05, 4.69) is 77.3 Å². The number of hydrogen-bond acceptors (Lipinski definition) is 8. The van der Waals surface area contributed by atoms with Crippen molar-refractivity contribution in [3.05, 3.63) is 45.6 Å². The van der Waals surface area contributed by atoms with Crippen LogP contribution in [0.15, 0.2) is 45.6 Å². The minimum absolute atomic E-state index is 0.0640. The number of aliphatic hydroxyl groups is 2. The van der Waals surface area contributed by atoms with Gasteiger partial charge in [0, 0.05) is 44.1 Å². The molecule has 1 amide bonds. The Morgan fingerprint density at radius 2 is 1.16 bits per heavy atom. The van der Waals surface area contributed by atoms with Crippen molar-refractivity contribution in [3.63, 3.8) is 0 Å². The van der Waals surface area contributed by atoms with Crippen molar-refractivity contribution in [2.75, 3.05) is 32.7 Å². The molecule has 0 radical (unpaired) electrons. The lowest BCUT2D eigenvalue weighted by molar-refractivity contribution is -0.138. The number of ether oxygens (including phenoxy) is 2. The monoisotopic (exact) mass is 923 g/mol. The molecule has 2 unspecified atom stereocenters. The number of likely N-dealkylation sites (tertiary alicyclic amines) is 2. The quantitative estimate of drug-likeness (QED) is 0.207. The third-order valence-corrected chi connectivity index (χ3v) is 23.0. The van der Waals surface area contributed by atoms with E-state index in [1.807, 2.05) is 0 Å². The van der Waals surface area contributed by atoms with Crippen molar-refractivity contribution < 1.29 is 24.5 Å². The zero-order valence-electron chi connectivity index (χ0n) is 42.9. The van der Waals surface area contributed by atoms with Crippen LogP contribution >= 0.6 is 0 Å². The van der Waals surface area contributed by atoms with E-state index in [1.54, 1.807) is 22.3 Å². The van der Waals surface area contributed by atoms with Crippen LogP contribution in [0.2, 0.25) is 0 Å². The van der Waals surface area contributed by atoms with Crippen molar-refractivity contribution in [2.45, 2.75) is 206 Å². The second-order valence-electron chi connectivity index (χ2n) is 26.0. The maximum atomic E-state index is 12.8. The van der Waals surface area contributed by atoms with Gasteiger partial charge in [-0.3, -0.25) is 9.69 Å². The molecular weight excluding hydrogens is 833 g/mol. The Balaban J connectivity index is 0.000000148. The number of aliphatic hydroxyl groups excluding tert-OH is 2. The van der Waals surface area contributed by atoms with E-state index in [0.717, 1.165) is 94.7 Å². The Morgan fingerprint density at radius 1 is 0.687 bits per heavy atom. The van der Waals surface area contributed by atoms with Crippen LogP contribution in [0.4, 0.5) is 0 Å². The summed E-state index contributed by atoms with van der Waals surface area (Å²) in [5.41, 5.74) is 21.7. The van der Waals surface area contributed by atoms with Crippen LogP contribution in [0.25, 0.3) is 0 Å². The number of fused-ring (bicyclic) bond motifs is 12. The summed E-state index contributed by atoms with van der Waals surface area (Å²) in [5.74, 6) is 6.44. The fraction of sp³-hybridized carbons (Fsp3) is 0.845. The lowest BCUT2D eigenvalue weighted by Gasteiger charge is -2.49. The number of nitrogens with two attached hydrogens (primary N) is 2. The molecule has 0 aromatic rings. The van der Waals surface area contributed by atoms with Crippen LogP contribution < -0.4 is 11.5 Å². The number of amides is 1. The molecule has 4 saturated heterocycles. The standard InChI is InChI=1S/C29H44N2O3.C29H46N2O2/c1-16-11-25-27(31(15-16)26(33)14-30)18(3)29(34-25)10-8-21-22-6-5-19-12-20(32)7-9-28(19,4)24(22)13-23(21)17(29)2;1-17-13-26-27(31(16-17)12-11-30)19(3)29(33-26)10-8-22-23-6-5-20-14-21(32)7-9-28(20,4)25(23)15-24(22)18(29)2/h5,16,18,20-22,24-25,27,32H,6-15,30H2,1-4H3;5,17,19,21-23,25-27,32H,6-16,30H2,1-4H3/t16-,18+,20-,21-,22-,24-,25+,27-,28-,29?;17-,19+,21-,22-,23-,25-,26+,27-,28-,29?/m00/s1. The van der Waals surface area contributed by atoms with E-state index in [9.17, 15) is 15.0 Å². The van der Waals surface area contributed by atoms with Gasteiger partial charge in [0.1, 0.15) is 0 Å². The molecular formula is C58H90N4O5. The summed E-state index contributed by atoms with van der Waals surface area (Å²) in [6, 6.07) is 0.666. The maximum Gasteiger partial charge on any atom is 0.236 e. The highest BCUT2D eigenvalue weighted by Gasteiger charge is 2.64. The SMILES string of the molecule is CC1=C2C[C@H]3[C@@H](CC=C4C[C@@H](O)CC[C@@]43C)[C@@H]2CCC12O[C@@H]1C[C@H](C)CN(C(=O)CN)[C@H]1[C@H]2C.CC1=C2C[C@H]3[C@@H](CC=C4C[C@@H](O)CC[C@@]43C)[C@@H]2CCC12O[C@@H]1C[C@H](C)CN(CCN)[C@H]1[C@H]2C. The lowest BCUT2D eigenvalue weighted by atomic mass is 9.56. The van der Waals surface area contributed by atoms with Gasteiger partial charge in [-0.2, -0.15) is 0 Å². The minimum Gasteiger partial charge on any atom is -0.393 e. The molecule has 9 heteroatoms. The summed E-state index contributed by atoms with van der Waals surface area (Å²) in [4.78, 5) is 17.5. The van der Waals surface area contributed by atoms with Crippen LogP contribution in [0, 0.1) is 70.0 Å². The number of allylic oxidation sites excluding steroid dienone is 4. The highest BCUT2D eigenvalue weighted by molar-refractivity contribution is 5.78. The van der Waals surface area contributed by atoms with E-state index in [1.165, 1.54) is 69.1 Å². The summed E-state index contributed by atoms with van der Waals surface area (Å²) in [5, 5.41) is 20.6. The molecule has 4 heterocycles. The Bertz CT molecular complexity index is 2100. The summed E-state index contributed by atoms with van der Waals surface area (Å²) in [6.07, 6.45) is 23.1. The molecule has 4 aliphatic heterocycles. The second kappa shape index (κ2) is 17.1. The van der Waals surface area contributed by atoms with E-state index in [-0.39, 0.29) is 53.4 Å². The van der Waals surface area contributed by atoms with Crippen molar-refractivity contribution >= 4 is 5.91 Å². The first-order valence-corrected chi connectivity index (χ1v) is 27.9. The van der Waals surface area contributed by atoms with Gasteiger partial charge in [-0.25, -0.2) is 0 Å². The molecule has 4 saturated carbocycles. The molecule has 8 fully saturated rings. The van der Waals surface area contributed by atoms with Gasteiger partial charge in [0.15, 0.2) is 0 Å². The zero-order valence-corrected chi connectivity index (χ0v) is 42.9. The molecule has 12 aliphatic rings. The third-order valence-electron chi connectivity index (χ3n) is 23.0. The fourth-order valence-electron chi connectivity index (χ4n) is 19.6. The molecule has 9 nitrogen and oxygen atoms in total. The van der Waals surface area contributed by atoms with E-state index in [0.29, 0.717) is 53.1 Å². The Kier molecular flexibility index (Phi) is 12.1. The predicted molar refractivity (Wildman–Crippen MR) is 265 cm³/mol. The number of hydrogen-bond donors (Lipinski definition) is 4. The highest BCUT2D eigenvalue weighted by atomic mass is 16.5. The van der Waals surface area contributed by atoms with Crippen molar-refractivity contribution in [3.8, 4) is 0 Å². The topological polar surface area (TPSA) is 135 Å². The molecule has 12 rings (SSSR count). The number of piperidine rings is 2. The lowest BCUT2D eigenvalue weighted by Crippen LogP contribution is -2.55. The van der Waals surface area contributed by atoms with Crippen molar-refractivity contribution in [1.82, 2.24) is 9.80 Å². The number of nitrogens with zero attached hydrogens (tertiary/aromatic N) is 2. The smallest absolute Gasteiger partial charge is 0.236 e. The summed E-state index contributed by atoms with van der Waals surface area (Å²) < 4.78 is 14.3. The van der Waals surface area contributed by atoms with Gasteiger partial charge in [-0.1, -0.05) is 76.0 Å². The molecule has 0 aromatic carbocycles.